The van der Waals surface area contributed by atoms with Gasteiger partial charge in [0.1, 0.15) is 0 Å². The van der Waals surface area contributed by atoms with Crippen molar-refractivity contribution in [3.8, 4) is 0 Å². The summed E-state index contributed by atoms with van der Waals surface area (Å²) in [5.74, 6) is 0. The maximum atomic E-state index is 8.00. The smallest absolute Gasteiger partial charge is 0.0662 e. The first kappa shape index (κ1) is 17.0. The van der Waals surface area contributed by atoms with Crippen LogP contribution in [-0.2, 0) is 0 Å². The van der Waals surface area contributed by atoms with Gasteiger partial charge in [-0.1, -0.05) is 44.3 Å². The zero-order valence-corrected chi connectivity index (χ0v) is 9.31. The predicted molar refractivity (Wildman–Crippen MR) is 60.6 cm³/mol. The van der Waals surface area contributed by atoms with Gasteiger partial charge in [-0.2, -0.15) is 0 Å². The summed E-state index contributed by atoms with van der Waals surface area (Å²) in [6, 6.07) is 0. The summed E-state index contributed by atoms with van der Waals surface area (Å²) >= 11 is 0. The van der Waals surface area contributed by atoms with E-state index in [4.69, 9.17) is 20.4 Å². The van der Waals surface area contributed by atoms with E-state index in [0.717, 1.165) is 0 Å². The first-order valence-corrected chi connectivity index (χ1v) is 5.41. The number of hydrogen-bond acceptors (Lipinski definition) is 4. The van der Waals surface area contributed by atoms with Crippen LogP contribution < -0.4 is 0 Å². The lowest BCUT2D eigenvalue weighted by Gasteiger charge is -1.73. The second-order valence-electron chi connectivity index (χ2n) is 3.05. The van der Waals surface area contributed by atoms with Crippen molar-refractivity contribution in [2.75, 3.05) is 26.4 Å². The molecule has 4 heteroatoms. The van der Waals surface area contributed by atoms with Crippen LogP contribution in [-0.4, -0.2) is 46.9 Å². The Kier molecular flexibility index (Phi) is 21.7. The molecule has 0 amide bonds. The summed E-state index contributed by atoms with van der Waals surface area (Å²) in [6.45, 7) is -0.221. The molecule has 4 N–H and O–H groups in total. The zero-order valence-electron chi connectivity index (χ0n) is 9.31. The minimum Gasteiger partial charge on any atom is -0.394 e. The van der Waals surface area contributed by atoms with Crippen LogP contribution in [0, 0.1) is 0 Å². The maximum absolute atomic E-state index is 8.00. The molecule has 1 aliphatic carbocycles. The number of aliphatic hydroxyl groups is 4. The highest BCUT2D eigenvalue weighted by Gasteiger charge is 1.95. The van der Waals surface area contributed by atoms with Crippen LogP contribution in [0.15, 0.2) is 12.2 Å². The molecular weight excluding hydrogens is 196 g/mol. The fourth-order valence-electron chi connectivity index (χ4n) is 1.03. The standard InChI is InChI=1S/C5H10.C4H8O2.C2H6O2/c1-2-4-5-3-1;5-3-1-2-4-6;3-1-2-4/h1-5H2;1-2,5-6H,3-4H2;3-4H,1-2H2/b;2-1+;. The number of aliphatic hydroxyl groups excluding tert-OH is 4. The van der Waals surface area contributed by atoms with E-state index in [2.05, 4.69) is 0 Å². The Hall–Kier alpha value is -0.420. The van der Waals surface area contributed by atoms with Crippen molar-refractivity contribution in [3.63, 3.8) is 0 Å². The molecule has 1 saturated carbocycles. The van der Waals surface area contributed by atoms with Gasteiger partial charge < -0.3 is 20.4 Å². The molecule has 0 atom stereocenters. The summed E-state index contributed by atoms with van der Waals surface area (Å²) in [5.41, 5.74) is 0. The monoisotopic (exact) mass is 220 g/mol. The van der Waals surface area contributed by atoms with Gasteiger partial charge in [-0.3, -0.25) is 0 Å². The third-order valence-electron chi connectivity index (χ3n) is 1.73. The largest absolute Gasteiger partial charge is 0.394 e. The molecule has 0 bridgehead atoms. The van der Waals surface area contributed by atoms with E-state index in [1.807, 2.05) is 0 Å². The van der Waals surface area contributed by atoms with Crippen LogP contribution in [0.4, 0.5) is 0 Å². The highest BCUT2D eigenvalue weighted by molar-refractivity contribution is 4.78. The first-order chi connectivity index (χ1) is 7.33. The van der Waals surface area contributed by atoms with Crippen LogP contribution in [0.5, 0.6) is 0 Å². The van der Waals surface area contributed by atoms with E-state index in [1.165, 1.54) is 44.3 Å². The van der Waals surface area contributed by atoms with E-state index < -0.39 is 0 Å². The summed E-state index contributed by atoms with van der Waals surface area (Å²) in [4.78, 5) is 0. The van der Waals surface area contributed by atoms with Gasteiger partial charge in [-0.15, -0.1) is 0 Å². The Bertz CT molecular complexity index is 95.5. The Labute approximate surface area is 91.9 Å². The predicted octanol–water partition coefficient (Wildman–Crippen LogP) is 0.449. The van der Waals surface area contributed by atoms with Crippen molar-refractivity contribution in [1.29, 1.82) is 0 Å². The fraction of sp³-hybridized carbons (Fsp3) is 0.818. The van der Waals surface area contributed by atoms with E-state index in [0.29, 0.717) is 0 Å². The molecule has 0 aliphatic heterocycles. The Balaban J connectivity index is 0. The van der Waals surface area contributed by atoms with Gasteiger partial charge in [-0.05, 0) is 0 Å². The second-order valence-corrected chi connectivity index (χ2v) is 3.05. The average Bonchev–Trinajstić information content (AvgIpc) is 2.85. The highest BCUT2D eigenvalue weighted by Crippen LogP contribution is 2.15. The van der Waals surface area contributed by atoms with Crippen molar-refractivity contribution in [2.24, 2.45) is 0 Å². The third kappa shape index (κ3) is 24.7. The average molecular weight is 220 g/mol. The van der Waals surface area contributed by atoms with Crippen LogP contribution in [0.1, 0.15) is 32.1 Å². The Morgan fingerprint density at radius 1 is 0.600 bits per heavy atom. The molecule has 1 fully saturated rings. The SMILES string of the molecule is C1CCCC1.OC/C=C/CO.OCCO. The van der Waals surface area contributed by atoms with Crippen molar-refractivity contribution in [3.05, 3.63) is 12.2 Å². The molecular formula is C11H24O4. The molecule has 1 aliphatic rings. The summed E-state index contributed by atoms with van der Waals surface area (Å²) in [7, 11) is 0. The molecule has 4 nitrogen and oxygen atoms in total. The summed E-state index contributed by atoms with van der Waals surface area (Å²) < 4.78 is 0. The normalized spacial score (nSPS) is 14.1. The van der Waals surface area contributed by atoms with E-state index in [9.17, 15) is 0 Å². The van der Waals surface area contributed by atoms with Crippen LogP contribution in [0.25, 0.3) is 0 Å². The Morgan fingerprint density at radius 2 is 0.867 bits per heavy atom. The van der Waals surface area contributed by atoms with Crippen LogP contribution in [0.2, 0.25) is 0 Å². The van der Waals surface area contributed by atoms with Gasteiger partial charge in [0.05, 0.1) is 26.4 Å². The van der Waals surface area contributed by atoms with Crippen molar-refractivity contribution in [2.45, 2.75) is 32.1 Å². The molecule has 0 spiro atoms. The maximum Gasteiger partial charge on any atom is 0.0662 e. The zero-order chi connectivity index (χ0) is 11.8. The first-order valence-electron chi connectivity index (χ1n) is 5.41. The molecule has 0 aromatic heterocycles. The molecule has 92 valence electrons. The van der Waals surface area contributed by atoms with Crippen molar-refractivity contribution >= 4 is 0 Å². The molecule has 0 aromatic carbocycles. The molecule has 0 radical (unpaired) electrons. The van der Waals surface area contributed by atoms with Crippen LogP contribution in [0.3, 0.4) is 0 Å². The highest BCUT2D eigenvalue weighted by atomic mass is 16.3. The van der Waals surface area contributed by atoms with Gasteiger partial charge in [0.25, 0.3) is 0 Å². The van der Waals surface area contributed by atoms with Gasteiger partial charge in [-0.25, -0.2) is 0 Å². The van der Waals surface area contributed by atoms with Gasteiger partial charge in [0.15, 0.2) is 0 Å². The quantitative estimate of drug-likeness (QED) is 0.521. The fourth-order valence-corrected chi connectivity index (χ4v) is 1.03. The van der Waals surface area contributed by atoms with E-state index >= 15 is 0 Å². The lowest BCUT2D eigenvalue weighted by atomic mass is 10.4. The van der Waals surface area contributed by atoms with E-state index in [1.54, 1.807) is 0 Å². The molecule has 15 heavy (non-hydrogen) atoms. The summed E-state index contributed by atoms with van der Waals surface area (Å²) in [5, 5.41) is 31.2. The number of hydrogen-bond donors (Lipinski definition) is 4. The van der Waals surface area contributed by atoms with E-state index in [-0.39, 0.29) is 26.4 Å². The molecule has 0 aromatic rings. The van der Waals surface area contributed by atoms with Gasteiger partial charge in [0, 0.05) is 0 Å². The second kappa shape index (κ2) is 19.2. The van der Waals surface area contributed by atoms with Gasteiger partial charge in [0.2, 0.25) is 0 Å². The lowest BCUT2D eigenvalue weighted by molar-refractivity contribution is 0.186. The molecule has 0 heterocycles. The summed E-state index contributed by atoms with van der Waals surface area (Å²) in [6.07, 6.45) is 10.5. The molecule has 0 saturated heterocycles. The van der Waals surface area contributed by atoms with Gasteiger partial charge >= 0.3 is 0 Å². The Morgan fingerprint density at radius 3 is 1.00 bits per heavy atom. The van der Waals surface area contributed by atoms with Crippen LogP contribution >= 0.6 is 0 Å². The molecule has 0 unspecified atom stereocenters. The molecule has 1 rings (SSSR count). The van der Waals surface area contributed by atoms with Crippen molar-refractivity contribution in [1.82, 2.24) is 0 Å². The topological polar surface area (TPSA) is 80.9 Å². The minimum absolute atomic E-state index is 0.0144. The lowest BCUT2D eigenvalue weighted by Crippen LogP contribution is -1.85. The third-order valence-corrected chi connectivity index (χ3v) is 1.73. The van der Waals surface area contributed by atoms with Crippen molar-refractivity contribution < 1.29 is 20.4 Å². The number of rotatable bonds is 3. The minimum atomic E-state index is -0.125.